The number of nitrogens with zero attached hydrogens (tertiary/aromatic N) is 1. The fourth-order valence-electron chi connectivity index (χ4n) is 2.82. The molecule has 0 aromatic heterocycles. The van der Waals surface area contributed by atoms with Crippen molar-refractivity contribution in [1.29, 1.82) is 0 Å². The summed E-state index contributed by atoms with van der Waals surface area (Å²) in [5.74, 6) is 1.04. The van der Waals surface area contributed by atoms with E-state index in [2.05, 4.69) is 11.4 Å². The summed E-state index contributed by atoms with van der Waals surface area (Å²) in [4.78, 5) is 14.4. The van der Waals surface area contributed by atoms with E-state index < -0.39 is 0 Å². The normalized spacial score (nSPS) is 21.8. The highest BCUT2D eigenvalue weighted by molar-refractivity contribution is 5.82. The van der Waals surface area contributed by atoms with Gasteiger partial charge in [0.15, 0.2) is 0 Å². The third-order valence-corrected chi connectivity index (χ3v) is 4.08. The van der Waals surface area contributed by atoms with Crippen molar-refractivity contribution < 1.29 is 9.53 Å². The maximum atomic E-state index is 12.6. The van der Waals surface area contributed by atoms with Gasteiger partial charge in [-0.2, -0.15) is 0 Å². The maximum absolute atomic E-state index is 12.6. The monoisotopic (exact) mass is 276 g/mol. The fraction of sp³-hybridized carbons (Fsp3) is 0.562. The molecule has 1 aliphatic rings. The van der Waals surface area contributed by atoms with Gasteiger partial charge in [-0.1, -0.05) is 17.7 Å². The van der Waals surface area contributed by atoms with Crippen molar-refractivity contribution in [2.75, 3.05) is 27.2 Å². The number of benzene rings is 1. The minimum atomic E-state index is -0.272. The topological polar surface area (TPSA) is 41.6 Å². The van der Waals surface area contributed by atoms with Gasteiger partial charge in [-0.05, 0) is 32.9 Å². The molecule has 1 amide bonds. The highest BCUT2D eigenvalue weighted by Crippen LogP contribution is 2.28. The molecule has 0 radical (unpaired) electrons. The Morgan fingerprint density at radius 3 is 2.85 bits per heavy atom. The lowest BCUT2D eigenvalue weighted by Crippen LogP contribution is -2.41. The minimum Gasteiger partial charge on any atom is -0.496 e. The predicted molar refractivity (Wildman–Crippen MR) is 79.8 cm³/mol. The molecule has 110 valence electrons. The number of aryl methyl sites for hydroxylation is 1. The molecule has 1 unspecified atom stereocenters. The predicted octanol–water partition coefficient (Wildman–Crippen LogP) is 1.96. The summed E-state index contributed by atoms with van der Waals surface area (Å²) in [6.07, 6.45) is 0.904. The molecule has 0 spiro atoms. The van der Waals surface area contributed by atoms with Crippen molar-refractivity contribution in [2.45, 2.75) is 26.8 Å². The van der Waals surface area contributed by atoms with Crippen LogP contribution in [-0.4, -0.2) is 38.1 Å². The average molecular weight is 276 g/mol. The van der Waals surface area contributed by atoms with E-state index in [1.807, 2.05) is 37.9 Å². The number of carbonyl (C=O) groups is 1. The molecular weight excluding hydrogens is 252 g/mol. The highest BCUT2D eigenvalue weighted by atomic mass is 16.5. The number of amides is 1. The molecule has 0 aliphatic carbocycles. The van der Waals surface area contributed by atoms with Crippen molar-refractivity contribution in [2.24, 2.45) is 5.41 Å². The molecule has 1 fully saturated rings. The Kier molecular flexibility index (Phi) is 4.33. The van der Waals surface area contributed by atoms with E-state index in [0.717, 1.165) is 30.8 Å². The molecule has 1 saturated heterocycles. The van der Waals surface area contributed by atoms with Crippen molar-refractivity contribution >= 4 is 5.91 Å². The summed E-state index contributed by atoms with van der Waals surface area (Å²) in [5, 5.41) is 3.27. The average Bonchev–Trinajstić information content (AvgIpc) is 2.86. The van der Waals surface area contributed by atoms with Gasteiger partial charge >= 0.3 is 0 Å². The van der Waals surface area contributed by atoms with Crippen LogP contribution >= 0.6 is 0 Å². The van der Waals surface area contributed by atoms with Crippen LogP contribution in [0.4, 0.5) is 0 Å². The van der Waals surface area contributed by atoms with Crippen LogP contribution in [0.1, 0.15) is 24.5 Å². The van der Waals surface area contributed by atoms with Gasteiger partial charge in [-0.3, -0.25) is 4.79 Å². The van der Waals surface area contributed by atoms with E-state index in [9.17, 15) is 4.79 Å². The molecule has 1 aromatic carbocycles. The van der Waals surface area contributed by atoms with E-state index >= 15 is 0 Å². The Labute approximate surface area is 121 Å². The van der Waals surface area contributed by atoms with Crippen molar-refractivity contribution in [3.05, 3.63) is 29.3 Å². The first kappa shape index (κ1) is 14.9. The van der Waals surface area contributed by atoms with Crippen LogP contribution in [0.2, 0.25) is 0 Å². The zero-order chi connectivity index (χ0) is 14.8. The van der Waals surface area contributed by atoms with Crippen LogP contribution in [-0.2, 0) is 11.3 Å². The fourth-order valence-corrected chi connectivity index (χ4v) is 2.82. The van der Waals surface area contributed by atoms with Gasteiger partial charge in [-0.15, -0.1) is 0 Å². The first-order chi connectivity index (χ1) is 9.46. The van der Waals surface area contributed by atoms with E-state index in [1.165, 1.54) is 5.56 Å². The lowest BCUT2D eigenvalue weighted by Gasteiger charge is -2.28. The molecule has 2 rings (SSSR count). The van der Waals surface area contributed by atoms with Gasteiger partial charge in [0.25, 0.3) is 0 Å². The first-order valence-corrected chi connectivity index (χ1v) is 7.06. The molecule has 1 aromatic rings. The standard InChI is InChI=1S/C16H24N2O2/c1-12-5-6-14(20-4)13(9-12)10-18(3)15(19)16(2)7-8-17-11-16/h5-6,9,17H,7-8,10-11H2,1-4H3. The molecule has 1 heterocycles. The Bertz CT molecular complexity index is 493. The zero-order valence-electron chi connectivity index (χ0n) is 12.8. The van der Waals surface area contributed by atoms with Crippen molar-refractivity contribution in [3.63, 3.8) is 0 Å². The molecule has 4 heteroatoms. The van der Waals surface area contributed by atoms with Crippen LogP contribution < -0.4 is 10.1 Å². The lowest BCUT2D eigenvalue weighted by molar-refractivity contribution is -0.139. The Morgan fingerprint density at radius 2 is 2.25 bits per heavy atom. The molecule has 20 heavy (non-hydrogen) atoms. The Morgan fingerprint density at radius 1 is 1.50 bits per heavy atom. The zero-order valence-corrected chi connectivity index (χ0v) is 12.8. The minimum absolute atomic E-state index is 0.200. The van der Waals surface area contributed by atoms with Crippen LogP contribution in [0, 0.1) is 12.3 Å². The molecule has 1 N–H and O–H groups in total. The van der Waals surface area contributed by atoms with E-state index in [-0.39, 0.29) is 11.3 Å². The SMILES string of the molecule is COc1ccc(C)cc1CN(C)C(=O)C1(C)CCNC1. The summed E-state index contributed by atoms with van der Waals surface area (Å²) < 4.78 is 5.38. The number of rotatable bonds is 4. The van der Waals surface area contributed by atoms with Crippen LogP contribution in [0.3, 0.4) is 0 Å². The van der Waals surface area contributed by atoms with Gasteiger partial charge in [0.1, 0.15) is 5.75 Å². The largest absolute Gasteiger partial charge is 0.496 e. The number of nitrogens with one attached hydrogen (secondary N) is 1. The Hall–Kier alpha value is -1.55. The second kappa shape index (κ2) is 5.83. The van der Waals surface area contributed by atoms with Crippen LogP contribution in [0.25, 0.3) is 0 Å². The summed E-state index contributed by atoms with van der Waals surface area (Å²) in [6, 6.07) is 6.06. The molecule has 4 nitrogen and oxygen atoms in total. The van der Waals surface area contributed by atoms with Crippen molar-refractivity contribution in [3.8, 4) is 5.75 Å². The van der Waals surface area contributed by atoms with Crippen LogP contribution in [0.5, 0.6) is 5.75 Å². The smallest absolute Gasteiger partial charge is 0.229 e. The second-order valence-electron chi connectivity index (χ2n) is 5.96. The molecule has 0 saturated carbocycles. The summed E-state index contributed by atoms with van der Waals surface area (Å²) in [7, 11) is 3.53. The summed E-state index contributed by atoms with van der Waals surface area (Å²) in [5.41, 5.74) is 1.96. The Balaban J connectivity index is 2.13. The highest BCUT2D eigenvalue weighted by Gasteiger charge is 2.38. The van der Waals surface area contributed by atoms with Crippen molar-refractivity contribution in [1.82, 2.24) is 10.2 Å². The van der Waals surface area contributed by atoms with Gasteiger partial charge in [0.2, 0.25) is 5.91 Å². The van der Waals surface area contributed by atoms with Gasteiger partial charge < -0.3 is 15.0 Å². The summed E-state index contributed by atoms with van der Waals surface area (Å²) in [6.45, 7) is 6.36. The number of methoxy groups -OCH3 is 1. The number of carbonyl (C=O) groups excluding carboxylic acids is 1. The quantitative estimate of drug-likeness (QED) is 0.914. The number of ether oxygens (including phenoxy) is 1. The molecular formula is C16H24N2O2. The van der Waals surface area contributed by atoms with Gasteiger partial charge in [-0.25, -0.2) is 0 Å². The lowest BCUT2D eigenvalue weighted by atomic mass is 9.88. The molecule has 1 atom stereocenters. The van der Waals surface area contributed by atoms with Crippen LogP contribution in [0.15, 0.2) is 18.2 Å². The molecule has 0 bridgehead atoms. The third kappa shape index (κ3) is 2.96. The number of hydrogen-bond donors (Lipinski definition) is 1. The first-order valence-electron chi connectivity index (χ1n) is 7.06. The number of hydrogen-bond acceptors (Lipinski definition) is 3. The second-order valence-corrected chi connectivity index (χ2v) is 5.96. The van der Waals surface area contributed by atoms with E-state index in [0.29, 0.717) is 6.54 Å². The van der Waals surface area contributed by atoms with E-state index in [4.69, 9.17) is 4.74 Å². The summed E-state index contributed by atoms with van der Waals surface area (Å²) >= 11 is 0. The molecule has 1 aliphatic heterocycles. The van der Waals surface area contributed by atoms with E-state index in [1.54, 1.807) is 7.11 Å². The maximum Gasteiger partial charge on any atom is 0.229 e. The third-order valence-electron chi connectivity index (χ3n) is 4.08. The van der Waals surface area contributed by atoms with Gasteiger partial charge in [0.05, 0.1) is 12.5 Å². The van der Waals surface area contributed by atoms with Gasteiger partial charge in [0, 0.05) is 25.7 Å².